The van der Waals surface area contributed by atoms with Crippen LogP contribution in [-0.4, -0.2) is 6.29 Å². The molecule has 1 nitrogen and oxygen atoms in total. The maximum Gasteiger partial charge on any atom is 0.204 e. The standard InChI is InChI=1S/C11H12FO/c1-11(2,8-13)7-9-3-5-10(12)6-4-9/h3-6H,7H2,1-2H3. The van der Waals surface area contributed by atoms with Crippen molar-refractivity contribution in [2.75, 3.05) is 0 Å². The molecule has 0 aliphatic rings. The number of benzene rings is 1. The van der Waals surface area contributed by atoms with E-state index in [4.69, 9.17) is 0 Å². The second-order valence-corrected chi connectivity index (χ2v) is 3.79. The van der Waals surface area contributed by atoms with E-state index in [1.165, 1.54) is 12.1 Å². The zero-order valence-corrected chi connectivity index (χ0v) is 7.80. The second kappa shape index (κ2) is 3.69. The van der Waals surface area contributed by atoms with Crippen LogP contribution in [0.15, 0.2) is 24.3 Å². The molecule has 0 saturated heterocycles. The lowest BCUT2D eigenvalue weighted by molar-refractivity contribution is 0.448. The Balaban J connectivity index is 2.75. The predicted octanol–water partition coefficient (Wildman–Crippen LogP) is 2.50. The Kier molecular flexibility index (Phi) is 2.81. The molecule has 2 heteroatoms. The van der Waals surface area contributed by atoms with Gasteiger partial charge in [-0.05, 0) is 24.1 Å². The molecule has 0 unspecified atom stereocenters. The zero-order valence-electron chi connectivity index (χ0n) is 7.80. The highest BCUT2D eigenvalue weighted by Crippen LogP contribution is 2.18. The van der Waals surface area contributed by atoms with Crippen molar-refractivity contribution in [2.45, 2.75) is 20.3 Å². The van der Waals surface area contributed by atoms with Gasteiger partial charge < -0.3 is 0 Å². The summed E-state index contributed by atoms with van der Waals surface area (Å²) in [7, 11) is 0. The molecule has 0 spiro atoms. The van der Waals surface area contributed by atoms with E-state index < -0.39 is 5.41 Å². The minimum atomic E-state index is -0.488. The lowest BCUT2D eigenvalue weighted by Crippen LogP contribution is -2.16. The van der Waals surface area contributed by atoms with Crippen molar-refractivity contribution in [3.05, 3.63) is 35.6 Å². The Morgan fingerprint density at radius 2 is 1.85 bits per heavy atom. The van der Waals surface area contributed by atoms with Crippen molar-refractivity contribution in [1.29, 1.82) is 0 Å². The summed E-state index contributed by atoms with van der Waals surface area (Å²) >= 11 is 0. The van der Waals surface area contributed by atoms with Crippen molar-refractivity contribution in [3.63, 3.8) is 0 Å². The molecule has 0 amide bonds. The summed E-state index contributed by atoms with van der Waals surface area (Å²) in [5, 5.41) is 0. The number of hydrogen-bond donors (Lipinski definition) is 0. The fourth-order valence-electron chi connectivity index (χ4n) is 1.15. The third kappa shape index (κ3) is 2.98. The highest BCUT2D eigenvalue weighted by molar-refractivity contribution is 5.59. The van der Waals surface area contributed by atoms with Gasteiger partial charge in [0.1, 0.15) is 5.82 Å². The number of carbonyl (C=O) groups excluding carboxylic acids is 1. The minimum Gasteiger partial charge on any atom is -0.290 e. The molecule has 0 aliphatic heterocycles. The van der Waals surface area contributed by atoms with Crippen LogP contribution in [-0.2, 0) is 11.2 Å². The maximum absolute atomic E-state index is 12.5. The molecule has 1 rings (SSSR count). The zero-order chi connectivity index (χ0) is 9.90. The SMILES string of the molecule is CC(C)([C]=O)Cc1ccc(F)cc1. The monoisotopic (exact) mass is 179 g/mol. The first-order valence-electron chi connectivity index (χ1n) is 4.17. The molecule has 0 atom stereocenters. The van der Waals surface area contributed by atoms with Crippen LogP contribution in [0.2, 0.25) is 0 Å². The van der Waals surface area contributed by atoms with Gasteiger partial charge in [-0.15, -0.1) is 0 Å². The summed E-state index contributed by atoms with van der Waals surface area (Å²) in [5.41, 5.74) is 0.465. The fourth-order valence-corrected chi connectivity index (χ4v) is 1.15. The van der Waals surface area contributed by atoms with Gasteiger partial charge in [0.15, 0.2) is 0 Å². The molecular weight excluding hydrogens is 167 g/mol. The molecule has 69 valence electrons. The van der Waals surface area contributed by atoms with Gasteiger partial charge in [-0.3, -0.25) is 4.79 Å². The molecule has 1 aromatic carbocycles. The second-order valence-electron chi connectivity index (χ2n) is 3.79. The lowest BCUT2D eigenvalue weighted by atomic mass is 9.87. The average Bonchev–Trinajstić information content (AvgIpc) is 2.09. The molecule has 13 heavy (non-hydrogen) atoms. The van der Waals surface area contributed by atoms with Crippen LogP contribution in [0.3, 0.4) is 0 Å². The topological polar surface area (TPSA) is 17.1 Å². The highest BCUT2D eigenvalue weighted by Gasteiger charge is 2.18. The van der Waals surface area contributed by atoms with Crippen molar-refractivity contribution in [2.24, 2.45) is 5.41 Å². The third-order valence-electron chi connectivity index (χ3n) is 1.84. The summed E-state index contributed by atoms with van der Waals surface area (Å²) in [6, 6.07) is 6.18. The first-order chi connectivity index (χ1) is 6.03. The molecule has 1 radical (unpaired) electrons. The molecule has 0 fully saturated rings. The molecule has 0 saturated carbocycles. The summed E-state index contributed by atoms with van der Waals surface area (Å²) < 4.78 is 12.5. The van der Waals surface area contributed by atoms with Crippen molar-refractivity contribution < 1.29 is 9.18 Å². The van der Waals surface area contributed by atoms with E-state index in [-0.39, 0.29) is 5.82 Å². The Labute approximate surface area is 77.6 Å². The van der Waals surface area contributed by atoms with E-state index in [0.717, 1.165) is 5.56 Å². The van der Waals surface area contributed by atoms with Crippen LogP contribution in [0.4, 0.5) is 4.39 Å². The summed E-state index contributed by atoms with van der Waals surface area (Å²) in [6.07, 6.45) is 2.55. The van der Waals surface area contributed by atoms with Gasteiger partial charge in [0.25, 0.3) is 0 Å². The molecule has 0 bridgehead atoms. The van der Waals surface area contributed by atoms with E-state index >= 15 is 0 Å². The first kappa shape index (κ1) is 9.90. The molecule has 0 heterocycles. The van der Waals surface area contributed by atoms with Crippen LogP contribution in [0.25, 0.3) is 0 Å². The van der Waals surface area contributed by atoms with E-state index in [1.807, 2.05) is 20.1 Å². The van der Waals surface area contributed by atoms with Gasteiger partial charge in [-0.25, -0.2) is 4.39 Å². The predicted molar refractivity (Wildman–Crippen MR) is 49.6 cm³/mol. The van der Waals surface area contributed by atoms with E-state index in [2.05, 4.69) is 0 Å². The largest absolute Gasteiger partial charge is 0.290 e. The average molecular weight is 179 g/mol. The van der Waals surface area contributed by atoms with Gasteiger partial charge in [0.05, 0.1) is 0 Å². The Morgan fingerprint density at radius 1 is 1.31 bits per heavy atom. The van der Waals surface area contributed by atoms with Gasteiger partial charge in [0, 0.05) is 5.41 Å². The quantitative estimate of drug-likeness (QED) is 0.696. The molecular formula is C11H12FO. The van der Waals surface area contributed by atoms with Crippen LogP contribution < -0.4 is 0 Å². The molecule has 0 aliphatic carbocycles. The smallest absolute Gasteiger partial charge is 0.204 e. The fraction of sp³-hybridized carbons (Fsp3) is 0.364. The normalized spacial score (nSPS) is 11.3. The summed E-state index contributed by atoms with van der Waals surface area (Å²) in [6.45, 7) is 3.62. The van der Waals surface area contributed by atoms with Crippen LogP contribution in [0.1, 0.15) is 19.4 Å². The molecule has 0 aromatic heterocycles. The van der Waals surface area contributed by atoms with Crippen molar-refractivity contribution in [3.8, 4) is 0 Å². The van der Waals surface area contributed by atoms with Crippen LogP contribution >= 0.6 is 0 Å². The van der Waals surface area contributed by atoms with Crippen LogP contribution in [0, 0.1) is 11.2 Å². The van der Waals surface area contributed by atoms with Gasteiger partial charge >= 0.3 is 0 Å². The molecule has 1 aromatic rings. The number of hydrogen-bond acceptors (Lipinski definition) is 1. The summed E-state index contributed by atoms with van der Waals surface area (Å²) in [4.78, 5) is 10.5. The van der Waals surface area contributed by atoms with Gasteiger partial charge in [-0.1, -0.05) is 26.0 Å². The number of rotatable bonds is 3. The van der Waals surface area contributed by atoms with Crippen LogP contribution in [0.5, 0.6) is 0 Å². The van der Waals surface area contributed by atoms with E-state index in [9.17, 15) is 9.18 Å². The Bertz CT molecular complexity index is 287. The van der Waals surface area contributed by atoms with E-state index in [1.54, 1.807) is 12.1 Å². The van der Waals surface area contributed by atoms with E-state index in [0.29, 0.717) is 6.42 Å². The lowest BCUT2D eigenvalue weighted by Gasteiger charge is -2.14. The van der Waals surface area contributed by atoms with Gasteiger partial charge in [-0.2, -0.15) is 0 Å². The summed E-state index contributed by atoms with van der Waals surface area (Å²) in [5.74, 6) is -0.253. The Morgan fingerprint density at radius 3 is 2.31 bits per heavy atom. The Hall–Kier alpha value is -1.18. The third-order valence-corrected chi connectivity index (χ3v) is 1.84. The molecule has 0 N–H and O–H groups in total. The van der Waals surface area contributed by atoms with Crippen molar-refractivity contribution >= 4 is 6.29 Å². The van der Waals surface area contributed by atoms with Gasteiger partial charge in [0.2, 0.25) is 6.29 Å². The maximum atomic E-state index is 12.5. The van der Waals surface area contributed by atoms with Crippen molar-refractivity contribution in [1.82, 2.24) is 0 Å². The number of halogens is 1. The highest BCUT2D eigenvalue weighted by atomic mass is 19.1. The minimum absolute atomic E-state index is 0.253. The first-order valence-corrected chi connectivity index (χ1v) is 4.17.